The van der Waals surface area contributed by atoms with E-state index in [9.17, 15) is 9.59 Å². The molecule has 0 N–H and O–H groups in total. The van der Waals surface area contributed by atoms with E-state index in [1.54, 1.807) is 11.3 Å². The number of nitrogens with zero attached hydrogens (tertiary/aromatic N) is 1. The summed E-state index contributed by atoms with van der Waals surface area (Å²) in [4.78, 5) is 25.8. The maximum Gasteiger partial charge on any atom is 0.335 e. The van der Waals surface area contributed by atoms with Gasteiger partial charge in [0.15, 0.2) is 0 Å². The minimum absolute atomic E-state index is 0.0778. The molecule has 4 aromatic rings. The number of thiophene rings is 1. The fourth-order valence-electron chi connectivity index (χ4n) is 5.24. The van der Waals surface area contributed by atoms with Crippen molar-refractivity contribution in [1.29, 1.82) is 0 Å². The standard InChI is InChI=1S/C34H27NO4S/c1-3-33(36)38-29-15-11-22-17-27(13-9-24(22)19-29)35(32-21-26-7-5-6-8-31(26)40-32)28-14-10-25-20-30(39-34(37)4-2)16-12-23(25)18-28/h3-17,20-21,28-29H,1-2,18-19H2. The molecule has 1 aromatic heterocycles. The molecule has 5 nitrogen and oxygen atoms in total. The Hall–Kier alpha value is -4.68. The molecule has 198 valence electrons. The highest BCUT2D eigenvalue weighted by molar-refractivity contribution is 7.22. The summed E-state index contributed by atoms with van der Waals surface area (Å²) >= 11 is 1.77. The topological polar surface area (TPSA) is 55.8 Å². The quantitative estimate of drug-likeness (QED) is 0.137. The van der Waals surface area contributed by atoms with E-state index in [-0.39, 0.29) is 12.1 Å². The normalized spacial score (nSPS) is 17.0. The van der Waals surface area contributed by atoms with Crippen LogP contribution in [0.15, 0.2) is 104 Å². The van der Waals surface area contributed by atoms with Crippen molar-refractivity contribution in [3.05, 3.63) is 126 Å². The second-order valence-corrected chi connectivity index (χ2v) is 10.8. The number of anilines is 2. The van der Waals surface area contributed by atoms with Crippen molar-refractivity contribution in [2.45, 2.75) is 25.0 Å². The maximum absolute atomic E-state index is 11.7. The minimum atomic E-state index is -0.472. The van der Waals surface area contributed by atoms with E-state index in [4.69, 9.17) is 9.47 Å². The lowest BCUT2D eigenvalue weighted by Crippen LogP contribution is -2.32. The molecule has 2 unspecified atom stereocenters. The van der Waals surface area contributed by atoms with Crippen LogP contribution >= 0.6 is 11.3 Å². The van der Waals surface area contributed by atoms with Crippen LogP contribution in [0.1, 0.15) is 22.3 Å². The molecule has 0 radical (unpaired) electrons. The van der Waals surface area contributed by atoms with E-state index in [2.05, 4.69) is 78.7 Å². The largest absolute Gasteiger partial charge is 0.455 e. The number of hydrogen-bond donors (Lipinski definition) is 0. The molecule has 1 heterocycles. The third-order valence-corrected chi connectivity index (χ3v) is 8.28. The van der Waals surface area contributed by atoms with Gasteiger partial charge in [-0.15, -0.1) is 11.3 Å². The molecule has 0 bridgehead atoms. The van der Waals surface area contributed by atoms with Crippen molar-refractivity contribution < 1.29 is 19.1 Å². The van der Waals surface area contributed by atoms with Crippen LogP contribution in [-0.4, -0.2) is 24.1 Å². The van der Waals surface area contributed by atoms with Crippen LogP contribution in [0.5, 0.6) is 5.75 Å². The second-order valence-electron chi connectivity index (χ2n) is 9.73. The maximum atomic E-state index is 11.7. The molecule has 6 rings (SSSR count). The number of rotatable bonds is 7. The average molecular weight is 546 g/mol. The molecule has 0 aliphatic heterocycles. The van der Waals surface area contributed by atoms with E-state index in [1.165, 1.54) is 21.7 Å². The summed E-state index contributed by atoms with van der Waals surface area (Å²) < 4.78 is 12.0. The molecule has 3 aromatic carbocycles. The van der Waals surface area contributed by atoms with Gasteiger partial charge in [0.05, 0.1) is 11.0 Å². The number of esters is 2. The highest BCUT2D eigenvalue weighted by atomic mass is 32.1. The van der Waals surface area contributed by atoms with Gasteiger partial charge in [0.1, 0.15) is 11.9 Å². The Labute approximate surface area is 237 Å². The van der Waals surface area contributed by atoms with E-state index >= 15 is 0 Å². The highest BCUT2D eigenvalue weighted by Gasteiger charge is 2.26. The van der Waals surface area contributed by atoms with Crippen LogP contribution in [0.4, 0.5) is 10.7 Å². The first-order chi connectivity index (χ1) is 19.5. The van der Waals surface area contributed by atoms with Crippen LogP contribution < -0.4 is 9.64 Å². The van der Waals surface area contributed by atoms with E-state index in [1.807, 2.05) is 30.4 Å². The first kappa shape index (κ1) is 25.6. The minimum Gasteiger partial charge on any atom is -0.455 e. The zero-order valence-corrected chi connectivity index (χ0v) is 22.6. The molecule has 6 heteroatoms. The summed E-state index contributed by atoms with van der Waals surface area (Å²) in [5.74, 6) is -0.382. The number of carbonyl (C=O) groups excluding carboxylic acids is 2. The third-order valence-electron chi connectivity index (χ3n) is 7.16. The van der Waals surface area contributed by atoms with E-state index in [0.29, 0.717) is 12.2 Å². The van der Waals surface area contributed by atoms with Gasteiger partial charge in [0.2, 0.25) is 0 Å². The zero-order valence-electron chi connectivity index (χ0n) is 21.8. The number of benzene rings is 3. The Balaban J connectivity index is 1.35. The fourth-order valence-corrected chi connectivity index (χ4v) is 6.38. The lowest BCUT2D eigenvalue weighted by atomic mass is 9.91. The number of ether oxygens (including phenoxy) is 2. The Morgan fingerprint density at radius 2 is 1.60 bits per heavy atom. The van der Waals surface area contributed by atoms with Crippen LogP contribution in [-0.2, 0) is 27.2 Å². The fraction of sp³-hybridized carbons (Fsp3) is 0.118. The Morgan fingerprint density at radius 1 is 0.850 bits per heavy atom. The summed E-state index contributed by atoms with van der Waals surface area (Å²) in [6.45, 7) is 6.96. The predicted octanol–water partition coefficient (Wildman–Crippen LogP) is 7.44. The highest BCUT2D eigenvalue weighted by Crippen LogP contribution is 2.41. The van der Waals surface area contributed by atoms with Gasteiger partial charge >= 0.3 is 11.9 Å². The average Bonchev–Trinajstić information content (AvgIpc) is 3.40. The van der Waals surface area contributed by atoms with Gasteiger partial charge in [-0.3, -0.25) is 0 Å². The van der Waals surface area contributed by atoms with Crippen LogP contribution in [0.3, 0.4) is 0 Å². The lowest BCUT2D eigenvalue weighted by Gasteiger charge is -2.34. The number of fused-ring (bicyclic) bond motifs is 3. The second kappa shape index (κ2) is 10.8. The van der Waals surface area contributed by atoms with Crippen molar-refractivity contribution >= 4 is 56.2 Å². The molecule has 2 aliphatic carbocycles. The monoisotopic (exact) mass is 545 g/mol. The number of hydrogen-bond acceptors (Lipinski definition) is 6. The zero-order chi connectivity index (χ0) is 27.6. The molecule has 0 saturated heterocycles. The predicted molar refractivity (Wildman–Crippen MR) is 162 cm³/mol. The van der Waals surface area contributed by atoms with Crippen molar-refractivity contribution in [3.8, 4) is 5.75 Å². The third kappa shape index (κ3) is 5.14. The van der Waals surface area contributed by atoms with Crippen LogP contribution in [0, 0.1) is 0 Å². The van der Waals surface area contributed by atoms with Gasteiger partial charge in [0, 0.05) is 29.0 Å². The molecule has 0 amide bonds. The number of carbonyl (C=O) groups is 2. The molecule has 0 fully saturated rings. The first-order valence-corrected chi connectivity index (χ1v) is 13.9. The summed E-state index contributed by atoms with van der Waals surface area (Å²) in [7, 11) is 0. The van der Waals surface area contributed by atoms with Crippen molar-refractivity contribution in [3.63, 3.8) is 0 Å². The first-order valence-electron chi connectivity index (χ1n) is 13.1. The van der Waals surface area contributed by atoms with Gasteiger partial charge in [-0.1, -0.05) is 61.7 Å². The Bertz CT molecular complexity index is 1680. The molecular formula is C34H27NO4S. The van der Waals surface area contributed by atoms with Gasteiger partial charge in [0.25, 0.3) is 0 Å². The molecular weight excluding hydrogens is 518 g/mol. The van der Waals surface area contributed by atoms with E-state index in [0.717, 1.165) is 39.9 Å². The van der Waals surface area contributed by atoms with Gasteiger partial charge in [-0.25, -0.2) is 9.59 Å². The summed E-state index contributed by atoms with van der Waals surface area (Å²) in [6, 6.07) is 23.0. The molecule has 40 heavy (non-hydrogen) atoms. The summed E-state index contributed by atoms with van der Waals surface area (Å²) in [5, 5.41) is 2.37. The smallest absolute Gasteiger partial charge is 0.335 e. The van der Waals surface area contributed by atoms with Crippen LogP contribution in [0.2, 0.25) is 0 Å². The van der Waals surface area contributed by atoms with Crippen molar-refractivity contribution in [1.82, 2.24) is 0 Å². The molecule has 2 atom stereocenters. The van der Waals surface area contributed by atoms with E-state index < -0.39 is 11.9 Å². The lowest BCUT2D eigenvalue weighted by molar-refractivity contribution is -0.140. The van der Waals surface area contributed by atoms with Crippen molar-refractivity contribution in [2.75, 3.05) is 4.90 Å². The van der Waals surface area contributed by atoms with Crippen LogP contribution in [0.25, 0.3) is 22.2 Å². The molecule has 0 saturated carbocycles. The Kier molecular flexibility index (Phi) is 6.93. The Morgan fingerprint density at radius 3 is 2.42 bits per heavy atom. The van der Waals surface area contributed by atoms with Gasteiger partial charge < -0.3 is 14.4 Å². The SMILES string of the molecule is C=CC(=O)Oc1ccc2c(c1)C=CC(N(c1ccc3c(c1)C=CC(OC(=O)C=C)C3)c1cc3ccccc3s1)C2. The molecule has 2 aliphatic rings. The summed E-state index contributed by atoms with van der Waals surface area (Å²) in [6.07, 6.45) is 11.8. The van der Waals surface area contributed by atoms with Gasteiger partial charge in [-0.05, 0) is 76.5 Å². The molecule has 0 spiro atoms. The van der Waals surface area contributed by atoms with Gasteiger partial charge in [-0.2, -0.15) is 0 Å². The van der Waals surface area contributed by atoms with Crippen molar-refractivity contribution in [2.24, 2.45) is 0 Å². The summed E-state index contributed by atoms with van der Waals surface area (Å²) in [5.41, 5.74) is 5.56.